The van der Waals surface area contributed by atoms with Crippen LogP contribution in [0.2, 0.25) is 0 Å². The Kier molecular flexibility index (Phi) is 5.05. The fourth-order valence-corrected chi connectivity index (χ4v) is 2.58. The van der Waals surface area contributed by atoms with Gasteiger partial charge in [0.05, 0.1) is 5.69 Å². The Labute approximate surface area is 132 Å². The largest absolute Gasteiger partial charge is 0.508 e. The van der Waals surface area contributed by atoms with Crippen LogP contribution in [-0.2, 0) is 11.0 Å². The average molecular weight is 337 g/mol. The van der Waals surface area contributed by atoms with Crippen molar-refractivity contribution in [3.63, 3.8) is 0 Å². The summed E-state index contributed by atoms with van der Waals surface area (Å²) in [7, 11) is -4.56. The van der Waals surface area contributed by atoms with E-state index in [1.807, 2.05) is 5.09 Å². The number of phenols is 2. The van der Waals surface area contributed by atoms with Crippen LogP contribution in [0.25, 0.3) is 0 Å². The molecule has 0 fully saturated rings. The standard InChI is InChI=1S/C15H16NO6P/c17-11-4-1-10(2-5-11)3-8-15(19)13-9-12(18)6-7-14(13)16-23(20,21)22/h1-2,4-7,9,17-18H,3,8H2,(H3,16,20,21,22). The number of Topliss-reactive ketones (excluding diaryl/α,β-unsaturated/α-hetero) is 1. The third kappa shape index (κ3) is 5.10. The highest BCUT2D eigenvalue weighted by molar-refractivity contribution is 7.53. The number of rotatable bonds is 6. The van der Waals surface area contributed by atoms with Crippen molar-refractivity contribution in [1.29, 1.82) is 0 Å². The summed E-state index contributed by atoms with van der Waals surface area (Å²) in [4.78, 5) is 30.3. The minimum atomic E-state index is -4.56. The molecule has 2 aromatic rings. The van der Waals surface area contributed by atoms with Gasteiger partial charge in [0.25, 0.3) is 0 Å². The van der Waals surface area contributed by atoms with Gasteiger partial charge in [0.15, 0.2) is 5.78 Å². The fourth-order valence-electron chi connectivity index (χ4n) is 2.07. The predicted octanol–water partition coefficient (Wildman–Crippen LogP) is 2.42. The smallest absolute Gasteiger partial charge is 0.427 e. The first-order chi connectivity index (χ1) is 10.7. The summed E-state index contributed by atoms with van der Waals surface area (Å²) in [6, 6.07) is 10.0. The van der Waals surface area contributed by atoms with Crippen LogP contribution in [0, 0.1) is 0 Å². The number of nitrogens with one attached hydrogen (secondary N) is 1. The first-order valence-electron chi connectivity index (χ1n) is 6.72. The molecule has 0 atom stereocenters. The third-order valence-corrected chi connectivity index (χ3v) is 3.68. The highest BCUT2D eigenvalue weighted by Crippen LogP contribution is 2.37. The number of benzene rings is 2. The molecule has 0 saturated heterocycles. The third-order valence-electron chi connectivity index (χ3n) is 3.15. The maximum atomic E-state index is 12.3. The zero-order chi connectivity index (χ0) is 17.0. The monoisotopic (exact) mass is 337 g/mol. The molecule has 2 rings (SSSR count). The molecular formula is C15H16NO6P. The summed E-state index contributed by atoms with van der Waals surface area (Å²) in [5.74, 6) is -0.416. The normalized spacial score (nSPS) is 11.2. The Bertz CT molecular complexity index is 753. The van der Waals surface area contributed by atoms with Crippen molar-refractivity contribution < 1.29 is 29.4 Å². The topological polar surface area (TPSA) is 127 Å². The zero-order valence-electron chi connectivity index (χ0n) is 12.0. The highest BCUT2D eigenvalue weighted by atomic mass is 31.2. The number of anilines is 1. The highest BCUT2D eigenvalue weighted by Gasteiger charge is 2.19. The van der Waals surface area contributed by atoms with Gasteiger partial charge < -0.3 is 20.0 Å². The summed E-state index contributed by atoms with van der Waals surface area (Å²) in [6.45, 7) is 0. The molecule has 0 aromatic heterocycles. The van der Waals surface area contributed by atoms with E-state index in [1.165, 1.54) is 24.3 Å². The summed E-state index contributed by atoms with van der Waals surface area (Å²) in [6.07, 6.45) is 0.480. The van der Waals surface area contributed by atoms with E-state index in [2.05, 4.69) is 0 Å². The number of hydrogen-bond donors (Lipinski definition) is 5. The van der Waals surface area contributed by atoms with Crippen LogP contribution in [0.3, 0.4) is 0 Å². The van der Waals surface area contributed by atoms with Crippen molar-refractivity contribution in [3.05, 3.63) is 53.6 Å². The van der Waals surface area contributed by atoms with Gasteiger partial charge >= 0.3 is 7.75 Å². The first-order valence-corrected chi connectivity index (χ1v) is 8.34. The minimum absolute atomic E-state index is 0.00658. The molecule has 0 bridgehead atoms. The lowest BCUT2D eigenvalue weighted by molar-refractivity contribution is 0.0983. The molecule has 5 N–H and O–H groups in total. The molecule has 122 valence electrons. The van der Waals surface area contributed by atoms with E-state index in [1.54, 1.807) is 12.1 Å². The fraction of sp³-hybridized carbons (Fsp3) is 0.133. The van der Waals surface area contributed by atoms with Gasteiger partial charge in [0.1, 0.15) is 11.5 Å². The van der Waals surface area contributed by atoms with E-state index in [0.717, 1.165) is 11.6 Å². The molecule has 23 heavy (non-hydrogen) atoms. The van der Waals surface area contributed by atoms with Gasteiger partial charge in [0.2, 0.25) is 0 Å². The van der Waals surface area contributed by atoms with Crippen molar-refractivity contribution in [2.75, 3.05) is 5.09 Å². The molecule has 0 saturated carbocycles. The molecule has 7 nitrogen and oxygen atoms in total. The number of hydrogen-bond acceptors (Lipinski definition) is 4. The van der Waals surface area contributed by atoms with E-state index in [-0.39, 0.29) is 35.0 Å². The van der Waals surface area contributed by atoms with Crippen LogP contribution in [0.15, 0.2) is 42.5 Å². The average Bonchev–Trinajstić information content (AvgIpc) is 2.47. The number of ketones is 1. The Balaban J connectivity index is 2.16. The lowest BCUT2D eigenvalue weighted by Gasteiger charge is -2.12. The Hall–Kier alpha value is -2.34. The summed E-state index contributed by atoms with van der Waals surface area (Å²) in [5, 5.41) is 20.7. The Morgan fingerprint density at radius 3 is 2.22 bits per heavy atom. The van der Waals surface area contributed by atoms with Gasteiger partial charge in [-0.05, 0) is 42.3 Å². The maximum absolute atomic E-state index is 12.3. The summed E-state index contributed by atoms with van der Waals surface area (Å²) in [5.41, 5.74) is 0.805. The van der Waals surface area contributed by atoms with E-state index < -0.39 is 7.75 Å². The van der Waals surface area contributed by atoms with Crippen LogP contribution < -0.4 is 5.09 Å². The molecule has 0 aliphatic rings. The van der Waals surface area contributed by atoms with E-state index in [0.29, 0.717) is 6.42 Å². The van der Waals surface area contributed by atoms with Crippen LogP contribution in [0.5, 0.6) is 11.5 Å². The molecule has 0 amide bonds. The van der Waals surface area contributed by atoms with Gasteiger partial charge in [-0.1, -0.05) is 12.1 Å². The van der Waals surface area contributed by atoms with Gasteiger partial charge in [-0.25, -0.2) is 4.57 Å². The molecule has 2 aromatic carbocycles. The number of aromatic hydroxyl groups is 2. The second-order valence-electron chi connectivity index (χ2n) is 4.98. The van der Waals surface area contributed by atoms with Gasteiger partial charge in [-0.15, -0.1) is 0 Å². The van der Waals surface area contributed by atoms with Crippen LogP contribution in [0.4, 0.5) is 5.69 Å². The van der Waals surface area contributed by atoms with Gasteiger partial charge in [-0.2, -0.15) is 0 Å². The molecule has 0 aliphatic heterocycles. The minimum Gasteiger partial charge on any atom is -0.508 e. The second-order valence-corrected chi connectivity index (χ2v) is 6.29. The SMILES string of the molecule is O=C(CCc1ccc(O)cc1)c1cc(O)ccc1NP(=O)(O)O. The molecule has 0 heterocycles. The number of carbonyl (C=O) groups excluding carboxylic acids is 1. The van der Waals surface area contributed by atoms with Gasteiger partial charge in [0, 0.05) is 12.0 Å². The van der Waals surface area contributed by atoms with Gasteiger partial charge in [-0.3, -0.25) is 9.88 Å². The number of carbonyl (C=O) groups is 1. The Morgan fingerprint density at radius 2 is 1.61 bits per heavy atom. The van der Waals surface area contributed by atoms with Crippen molar-refractivity contribution in [2.45, 2.75) is 12.8 Å². The van der Waals surface area contributed by atoms with Crippen molar-refractivity contribution >= 4 is 19.2 Å². The first kappa shape index (κ1) is 17.0. The van der Waals surface area contributed by atoms with E-state index >= 15 is 0 Å². The van der Waals surface area contributed by atoms with Crippen molar-refractivity contribution in [2.24, 2.45) is 0 Å². The lowest BCUT2D eigenvalue weighted by atomic mass is 10.0. The van der Waals surface area contributed by atoms with Crippen molar-refractivity contribution in [3.8, 4) is 11.5 Å². The molecule has 8 heteroatoms. The van der Waals surface area contributed by atoms with Crippen molar-refractivity contribution in [1.82, 2.24) is 0 Å². The molecule has 0 aliphatic carbocycles. The quantitative estimate of drug-likeness (QED) is 0.311. The predicted molar refractivity (Wildman–Crippen MR) is 84.5 cm³/mol. The Morgan fingerprint density at radius 1 is 1.00 bits per heavy atom. The maximum Gasteiger partial charge on any atom is 0.427 e. The van der Waals surface area contributed by atoms with Crippen LogP contribution in [-0.4, -0.2) is 25.8 Å². The second kappa shape index (κ2) is 6.83. The summed E-state index contributed by atoms with van der Waals surface area (Å²) >= 11 is 0. The lowest BCUT2D eigenvalue weighted by Crippen LogP contribution is -2.06. The molecule has 0 spiro atoms. The number of phenolic OH excluding ortho intramolecular Hbond substituents is 2. The van der Waals surface area contributed by atoms with E-state index in [4.69, 9.17) is 9.79 Å². The molecule has 0 radical (unpaired) electrons. The van der Waals surface area contributed by atoms with Crippen LogP contribution in [0.1, 0.15) is 22.3 Å². The van der Waals surface area contributed by atoms with Crippen LogP contribution >= 0.6 is 7.75 Å². The molecular weight excluding hydrogens is 321 g/mol. The number of aryl methyl sites for hydroxylation is 1. The summed E-state index contributed by atoms with van der Waals surface area (Å²) < 4.78 is 11.1. The van der Waals surface area contributed by atoms with E-state index in [9.17, 15) is 19.6 Å². The molecule has 0 unspecified atom stereocenters. The zero-order valence-corrected chi connectivity index (χ0v) is 12.9.